The van der Waals surface area contributed by atoms with Gasteiger partial charge in [0, 0.05) is 10.6 Å². The van der Waals surface area contributed by atoms with Gasteiger partial charge in [0.15, 0.2) is 0 Å². The van der Waals surface area contributed by atoms with Crippen molar-refractivity contribution in [1.82, 2.24) is 0 Å². The molecule has 0 aliphatic rings. The highest BCUT2D eigenvalue weighted by atomic mass is 32.2. The van der Waals surface area contributed by atoms with Crippen LogP contribution in [0.2, 0.25) is 5.04 Å². The third-order valence-electron chi connectivity index (χ3n) is 5.70. The van der Waals surface area contributed by atoms with Crippen molar-refractivity contribution in [3.8, 4) is 0 Å². The Bertz CT molecular complexity index is 972. The average molecular weight is 463 g/mol. The molecule has 3 rings (SSSR count). The summed E-state index contributed by atoms with van der Waals surface area (Å²) in [4.78, 5) is 0.885. The highest BCUT2D eigenvalue weighted by Gasteiger charge is 2.49. The van der Waals surface area contributed by atoms with Crippen molar-refractivity contribution in [2.75, 3.05) is 12.4 Å². The fourth-order valence-electron chi connectivity index (χ4n) is 4.19. The van der Waals surface area contributed by atoms with Crippen LogP contribution in [0, 0.1) is 5.92 Å². The van der Waals surface area contributed by atoms with E-state index in [4.69, 9.17) is 4.43 Å². The molecule has 2 atom stereocenters. The normalized spacial score (nSPS) is 14.4. The molecule has 4 heteroatoms. The molecule has 0 radical (unpaired) electrons. The predicted octanol–water partition coefficient (Wildman–Crippen LogP) is 5.56. The van der Waals surface area contributed by atoms with Crippen LogP contribution in [0.5, 0.6) is 0 Å². The zero-order chi connectivity index (χ0) is 23.0. The second-order valence-corrected chi connectivity index (χ2v) is 15.0. The van der Waals surface area contributed by atoms with Crippen LogP contribution in [-0.2, 0) is 15.2 Å². The van der Waals surface area contributed by atoms with Gasteiger partial charge in [-0.1, -0.05) is 119 Å². The average Bonchev–Trinajstić information content (AvgIpc) is 2.80. The van der Waals surface area contributed by atoms with Crippen molar-refractivity contribution >= 4 is 29.5 Å². The molecule has 0 bridgehead atoms. The van der Waals surface area contributed by atoms with Crippen molar-refractivity contribution < 1.29 is 8.63 Å². The van der Waals surface area contributed by atoms with Gasteiger partial charge in [-0.2, -0.15) is 0 Å². The zero-order valence-electron chi connectivity index (χ0n) is 19.5. The molecule has 0 spiro atoms. The Labute approximate surface area is 196 Å². The lowest BCUT2D eigenvalue weighted by Crippen LogP contribution is -2.66. The molecule has 1 unspecified atom stereocenters. The molecule has 0 aliphatic carbocycles. The van der Waals surface area contributed by atoms with Gasteiger partial charge in [0.25, 0.3) is 8.32 Å². The lowest BCUT2D eigenvalue weighted by molar-refractivity contribution is 0.338. The molecule has 0 fully saturated rings. The third-order valence-corrected chi connectivity index (χ3v) is 12.3. The Morgan fingerprint density at radius 3 is 1.78 bits per heavy atom. The van der Waals surface area contributed by atoms with E-state index in [1.165, 1.54) is 10.4 Å². The summed E-state index contributed by atoms with van der Waals surface area (Å²) < 4.78 is 19.5. The summed E-state index contributed by atoms with van der Waals surface area (Å²) in [5.41, 5.74) is 0. The molecule has 168 valence electrons. The highest BCUT2D eigenvalue weighted by molar-refractivity contribution is 7.85. The number of hydrogen-bond acceptors (Lipinski definition) is 2. The largest absolute Gasteiger partial charge is 0.404 e. The number of hydrogen-bond donors (Lipinski definition) is 0. The van der Waals surface area contributed by atoms with Crippen LogP contribution in [0.25, 0.3) is 0 Å². The molecule has 0 saturated heterocycles. The molecule has 2 nitrogen and oxygen atoms in total. The molecule has 0 saturated carbocycles. The first-order valence-electron chi connectivity index (χ1n) is 11.2. The Morgan fingerprint density at radius 1 is 0.844 bits per heavy atom. The summed E-state index contributed by atoms with van der Waals surface area (Å²) >= 11 is 0. The molecule has 0 aromatic heterocycles. The Balaban J connectivity index is 1.78. The molecule has 0 heterocycles. The van der Waals surface area contributed by atoms with Crippen LogP contribution >= 0.6 is 0 Å². The van der Waals surface area contributed by atoms with Gasteiger partial charge in [-0.15, -0.1) is 0 Å². The van der Waals surface area contributed by atoms with Crippen LogP contribution < -0.4 is 10.4 Å². The van der Waals surface area contributed by atoms with E-state index in [0.717, 1.165) is 4.90 Å². The minimum Gasteiger partial charge on any atom is -0.404 e. The summed E-state index contributed by atoms with van der Waals surface area (Å²) in [7, 11) is -3.51. The summed E-state index contributed by atoms with van der Waals surface area (Å²) in [6.45, 7) is 9.51. The van der Waals surface area contributed by atoms with Crippen LogP contribution in [0.4, 0.5) is 0 Å². The Kier molecular flexibility index (Phi) is 8.41. The fraction of sp³-hybridized carbons (Fsp3) is 0.286. The quantitative estimate of drug-likeness (QED) is 0.307. The molecular formula is C28H34O2SSi. The smallest absolute Gasteiger partial charge is 0.261 e. The molecule has 32 heavy (non-hydrogen) atoms. The lowest BCUT2D eigenvalue weighted by atomic mass is 10.2. The van der Waals surface area contributed by atoms with Crippen molar-refractivity contribution in [3.63, 3.8) is 0 Å². The van der Waals surface area contributed by atoms with E-state index >= 15 is 0 Å². The molecule has 3 aromatic rings. The van der Waals surface area contributed by atoms with Crippen molar-refractivity contribution in [1.29, 1.82) is 0 Å². The second-order valence-electron chi connectivity index (χ2n) is 9.20. The monoisotopic (exact) mass is 462 g/mol. The van der Waals surface area contributed by atoms with Gasteiger partial charge in [0.1, 0.15) is 0 Å². The Morgan fingerprint density at radius 2 is 1.31 bits per heavy atom. The van der Waals surface area contributed by atoms with Gasteiger partial charge in [0.05, 0.1) is 17.4 Å². The van der Waals surface area contributed by atoms with E-state index in [2.05, 4.69) is 101 Å². The molecule has 0 N–H and O–H groups in total. The standard InChI is InChI=1S/C28H34O2SSi/c1-24(23-31(29)25-16-8-5-9-17-25)15-14-22-30-32(28(2,3)4,26-18-10-6-11-19-26)27-20-12-7-13-21-27/h5-21,24H,22-23H2,1-4H3/b15-14+/t24-,31?/m0/s1. The van der Waals surface area contributed by atoms with Gasteiger partial charge in [0.2, 0.25) is 0 Å². The van der Waals surface area contributed by atoms with Crippen molar-refractivity contribution in [3.05, 3.63) is 103 Å². The van der Waals surface area contributed by atoms with Crippen LogP contribution in [-0.4, -0.2) is 24.9 Å². The van der Waals surface area contributed by atoms with E-state index < -0.39 is 19.1 Å². The molecule has 0 aliphatic heterocycles. The summed E-state index contributed by atoms with van der Waals surface area (Å²) in [6.07, 6.45) is 4.24. The first-order valence-corrected chi connectivity index (χ1v) is 14.4. The second kappa shape index (κ2) is 11.0. The topological polar surface area (TPSA) is 26.3 Å². The zero-order valence-corrected chi connectivity index (χ0v) is 21.3. The maximum atomic E-state index is 12.6. The minimum absolute atomic E-state index is 0.0377. The van der Waals surface area contributed by atoms with E-state index in [9.17, 15) is 4.21 Å². The molecule has 3 aromatic carbocycles. The summed E-state index contributed by atoms with van der Waals surface area (Å²) in [6, 6.07) is 31.0. The van der Waals surface area contributed by atoms with Gasteiger partial charge in [-0.05, 0) is 33.5 Å². The highest BCUT2D eigenvalue weighted by Crippen LogP contribution is 2.36. The van der Waals surface area contributed by atoms with Gasteiger partial charge in [-0.3, -0.25) is 4.21 Å². The van der Waals surface area contributed by atoms with E-state index in [-0.39, 0.29) is 11.0 Å². The van der Waals surface area contributed by atoms with E-state index in [1.54, 1.807) is 0 Å². The van der Waals surface area contributed by atoms with Crippen molar-refractivity contribution in [2.45, 2.75) is 37.6 Å². The van der Waals surface area contributed by atoms with Gasteiger partial charge < -0.3 is 4.43 Å². The van der Waals surface area contributed by atoms with Crippen LogP contribution in [0.3, 0.4) is 0 Å². The van der Waals surface area contributed by atoms with E-state index in [0.29, 0.717) is 12.4 Å². The predicted molar refractivity (Wildman–Crippen MR) is 140 cm³/mol. The number of benzene rings is 3. The van der Waals surface area contributed by atoms with Gasteiger partial charge in [-0.25, -0.2) is 0 Å². The maximum Gasteiger partial charge on any atom is 0.261 e. The summed E-state index contributed by atoms with van der Waals surface area (Å²) in [5.74, 6) is 0.818. The van der Waals surface area contributed by atoms with Crippen molar-refractivity contribution in [2.24, 2.45) is 5.92 Å². The Hall–Kier alpha value is -2.27. The molecule has 0 amide bonds. The fourth-order valence-corrected chi connectivity index (χ4v) is 9.93. The number of rotatable bonds is 9. The van der Waals surface area contributed by atoms with E-state index in [1.807, 2.05) is 30.3 Å². The third kappa shape index (κ3) is 5.74. The van der Waals surface area contributed by atoms with Crippen LogP contribution in [0.15, 0.2) is 108 Å². The minimum atomic E-state index is -2.52. The summed E-state index contributed by atoms with van der Waals surface area (Å²) in [5, 5.41) is 2.53. The van der Waals surface area contributed by atoms with Crippen LogP contribution in [0.1, 0.15) is 27.7 Å². The maximum absolute atomic E-state index is 12.6. The van der Waals surface area contributed by atoms with Gasteiger partial charge >= 0.3 is 0 Å². The first-order chi connectivity index (χ1) is 15.3. The number of allylic oxidation sites excluding steroid dienone is 1. The lowest BCUT2D eigenvalue weighted by Gasteiger charge is -2.42. The SMILES string of the molecule is C[C@@H](/C=C/CO[Si](c1ccccc1)(c1ccccc1)C(C)(C)C)CS(=O)c1ccccc1. The molecular weight excluding hydrogens is 428 g/mol. The first kappa shape index (κ1) is 24.4.